The first-order valence-electron chi connectivity index (χ1n) is 6.21. The van der Waals surface area contributed by atoms with Crippen molar-refractivity contribution in [3.05, 3.63) is 23.6 Å². The Morgan fingerprint density at radius 1 is 1.28 bits per heavy atom. The van der Waals surface area contributed by atoms with Crippen molar-refractivity contribution in [1.82, 2.24) is 4.98 Å². The predicted molar refractivity (Wildman–Crippen MR) is 67.5 cm³/mol. The molecule has 3 rings (SSSR count). The van der Waals surface area contributed by atoms with Crippen LogP contribution in [-0.4, -0.2) is 23.3 Å². The molecule has 96 valence electrons. The van der Waals surface area contributed by atoms with E-state index in [4.69, 9.17) is 11.6 Å². The van der Waals surface area contributed by atoms with Gasteiger partial charge < -0.3 is 4.90 Å². The van der Waals surface area contributed by atoms with Crippen LogP contribution in [0.4, 0.5) is 10.2 Å². The molecule has 1 spiro atoms. The van der Waals surface area contributed by atoms with Crippen molar-refractivity contribution in [2.75, 3.05) is 18.0 Å². The molecule has 0 bridgehead atoms. The van der Waals surface area contributed by atoms with Crippen LogP contribution in [0.2, 0.25) is 0 Å². The lowest BCUT2D eigenvalue weighted by atomic mass is 9.93. The number of rotatable bonds is 2. The average Bonchev–Trinajstić information content (AvgIpc) is 3.09. The van der Waals surface area contributed by atoms with Gasteiger partial charge >= 0.3 is 0 Å². The molecule has 1 aromatic rings. The van der Waals surface area contributed by atoms with Gasteiger partial charge in [-0.2, -0.15) is 4.39 Å². The second-order valence-electron chi connectivity index (χ2n) is 5.27. The van der Waals surface area contributed by atoms with Crippen LogP contribution in [0.3, 0.4) is 0 Å². The standard InChI is InChI=1S/C13H14ClFN2O/c14-11(18)9-1-2-10(15)16-12(9)17-7-5-13(3-4-13)6-8-17/h1-2H,3-8H2. The smallest absolute Gasteiger partial charge is 0.256 e. The predicted octanol–water partition coefficient (Wildman–Crippen LogP) is 2.98. The largest absolute Gasteiger partial charge is 0.356 e. The number of hydrogen-bond acceptors (Lipinski definition) is 3. The van der Waals surface area contributed by atoms with Gasteiger partial charge in [-0.05, 0) is 54.8 Å². The van der Waals surface area contributed by atoms with E-state index in [1.54, 1.807) is 0 Å². The van der Waals surface area contributed by atoms with Crippen LogP contribution < -0.4 is 4.90 Å². The van der Waals surface area contributed by atoms with Crippen LogP contribution in [0.1, 0.15) is 36.0 Å². The Morgan fingerprint density at radius 3 is 2.50 bits per heavy atom. The molecular formula is C13H14ClFN2O. The van der Waals surface area contributed by atoms with Gasteiger partial charge in [-0.15, -0.1) is 0 Å². The van der Waals surface area contributed by atoms with E-state index < -0.39 is 11.2 Å². The summed E-state index contributed by atoms with van der Waals surface area (Å²) in [6.45, 7) is 1.65. The SMILES string of the molecule is O=C(Cl)c1ccc(F)nc1N1CCC2(CC1)CC2. The van der Waals surface area contributed by atoms with Crippen LogP contribution in [0.5, 0.6) is 0 Å². The molecule has 1 aliphatic carbocycles. The van der Waals surface area contributed by atoms with Gasteiger partial charge in [0, 0.05) is 13.1 Å². The van der Waals surface area contributed by atoms with Crippen molar-refractivity contribution >= 4 is 22.7 Å². The zero-order valence-corrected chi connectivity index (χ0v) is 10.7. The zero-order valence-electron chi connectivity index (χ0n) is 9.96. The summed E-state index contributed by atoms with van der Waals surface area (Å²) >= 11 is 5.52. The summed E-state index contributed by atoms with van der Waals surface area (Å²) in [5, 5.41) is -0.579. The number of piperidine rings is 1. The third kappa shape index (κ3) is 2.09. The maximum atomic E-state index is 13.2. The summed E-state index contributed by atoms with van der Waals surface area (Å²) in [5.41, 5.74) is 0.833. The van der Waals surface area contributed by atoms with Gasteiger partial charge in [-0.3, -0.25) is 4.79 Å². The van der Waals surface area contributed by atoms with E-state index >= 15 is 0 Å². The Bertz CT molecular complexity index is 492. The summed E-state index contributed by atoms with van der Waals surface area (Å²) in [4.78, 5) is 17.2. The van der Waals surface area contributed by atoms with Gasteiger partial charge in [0.25, 0.3) is 5.24 Å². The van der Waals surface area contributed by atoms with Crippen molar-refractivity contribution in [1.29, 1.82) is 0 Å². The minimum atomic E-state index is -0.579. The van der Waals surface area contributed by atoms with Crippen LogP contribution >= 0.6 is 11.6 Å². The second kappa shape index (κ2) is 4.19. The molecule has 0 radical (unpaired) electrons. The Labute approximate surface area is 110 Å². The maximum Gasteiger partial charge on any atom is 0.256 e. The molecule has 1 saturated heterocycles. The fraction of sp³-hybridized carbons (Fsp3) is 0.538. The fourth-order valence-electron chi connectivity index (χ4n) is 2.69. The van der Waals surface area contributed by atoms with Crippen LogP contribution in [0.15, 0.2) is 12.1 Å². The molecule has 3 nitrogen and oxygen atoms in total. The van der Waals surface area contributed by atoms with Crippen molar-refractivity contribution in [2.45, 2.75) is 25.7 Å². The van der Waals surface area contributed by atoms with E-state index in [0.717, 1.165) is 25.9 Å². The van der Waals surface area contributed by atoms with Gasteiger partial charge in [-0.25, -0.2) is 4.98 Å². The molecule has 2 heterocycles. The summed E-state index contributed by atoms with van der Waals surface area (Å²) in [6.07, 6.45) is 4.81. The molecule has 0 atom stereocenters. The summed E-state index contributed by atoms with van der Waals surface area (Å²) < 4.78 is 13.2. The topological polar surface area (TPSA) is 33.2 Å². The molecule has 0 N–H and O–H groups in total. The molecular weight excluding hydrogens is 255 g/mol. The van der Waals surface area contributed by atoms with Crippen LogP contribution in [0.25, 0.3) is 0 Å². The quantitative estimate of drug-likeness (QED) is 0.611. The van der Waals surface area contributed by atoms with E-state index in [2.05, 4.69) is 4.98 Å². The van der Waals surface area contributed by atoms with Crippen molar-refractivity contribution in [2.24, 2.45) is 5.41 Å². The Kier molecular flexibility index (Phi) is 2.77. The highest BCUT2D eigenvalue weighted by molar-refractivity contribution is 6.68. The van der Waals surface area contributed by atoms with E-state index in [1.807, 2.05) is 4.90 Å². The molecule has 0 unspecified atom stereocenters. The number of halogens is 2. The lowest BCUT2D eigenvalue weighted by Crippen LogP contribution is -2.36. The Balaban J connectivity index is 1.86. The average molecular weight is 269 g/mol. The maximum absolute atomic E-state index is 13.2. The number of hydrogen-bond donors (Lipinski definition) is 0. The first-order chi connectivity index (χ1) is 8.60. The minimum Gasteiger partial charge on any atom is -0.356 e. The first kappa shape index (κ1) is 11.9. The minimum absolute atomic E-state index is 0.296. The van der Waals surface area contributed by atoms with Gasteiger partial charge in [0.1, 0.15) is 5.82 Å². The normalized spacial score (nSPS) is 21.1. The lowest BCUT2D eigenvalue weighted by Gasteiger charge is -2.33. The number of carbonyl (C=O) groups is 1. The van der Waals surface area contributed by atoms with Crippen molar-refractivity contribution in [3.63, 3.8) is 0 Å². The fourth-order valence-corrected chi connectivity index (χ4v) is 2.84. The van der Waals surface area contributed by atoms with Crippen molar-refractivity contribution < 1.29 is 9.18 Å². The van der Waals surface area contributed by atoms with E-state index in [9.17, 15) is 9.18 Å². The Hall–Kier alpha value is -1.16. The summed E-state index contributed by atoms with van der Waals surface area (Å²) in [7, 11) is 0. The van der Waals surface area contributed by atoms with Crippen LogP contribution in [0, 0.1) is 11.4 Å². The lowest BCUT2D eigenvalue weighted by molar-refractivity contribution is 0.108. The molecule has 5 heteroatoms. The number of nitrogens with zero attached hydrogens (tertiary/aromatic N) is 2. The highest BCUT2D eigenvalue weighted by atomic mass is 35.5. The van der Waals surface area contributed by atoms with Gasteiger partial charge in [0.15, 0.2) is 0 Å². The first-order valence-corrected chi connectivity index (χ1v) is 6.59. The van der Waals surface area contributed by atoms with Gasteiger partial charge in [0.05, 0.1) is 5.56 Å². The third-order valence-electron chi connectivity index (χ3n) is 4.13. The zero-order chi connectivity index (χ0) is 12.8. The molecule has 1 aromatic heterocycles. The van der Waals surface area contributed by atoms with E-state index in [0.29, 0.717) is 16.8 Å². The molecule has 1 aliphatic heterocycles. The Morgan fingerprint density at radius 2 is 1.94 bits per heavy atom. The van der Waals surface area contributed by atoms with Crippen LogP contribution in [-0.2, 0) is 0 Å². The van der Waals surface area contributed by atoms with Gasteiger partial charge in [-0.1, -0.05) is 0 Å². The number of aromatic nitrogens is 1. The third-order valence-corrected chi connectivity index (χ3v) is 4.34. The highest BCUT2D eigenvalue weighted by Crippen LogP contribution is 2.53. The molecule has 2 fully saturated rings. The molecule has 0 amide bonds. The van der Waals surface area contributed by atoms with Gasteiger partial charge in [0.2, 0.25) is 5.95 Å². The molecule has 0 aromatic carbocycles. The summed E-state index contributed by atoms with van der Waals surface area (Å²) in [6, 6.07) is 2.58. The van der Waals surface area contributed by atoms with E-state index in [-0.39, 0.29) is 0 Å². The monoisotopic (exact) mass is 268 g/mol. The molecule has 1 saturated carbocycles. The number of pyridine rings is 1. The number of anilines is 1. The summed E-state index contributed by atoms with van der Waals surface area (Å²) in [5.74, 6) is -0.177. The van der Waals surface area contributed by atoms with E-state index in [1.165, 1.54) is 25.0 Å². The molecule has 18 heavy (non-hydrogen) atoms. The second-order valence-corrected chi connectivity index (χ2v) is 5.61. The number of carbonyl (C=O) groups excluding carboxylic acids is 1. The highest BCUT2D eigenvalue weighted by Gasteiger charge is 2.44. The molecule has 2 aliphatic rings. The van der Waals surface area contributed by atoms with Crippen molar-refractivity contribution in [3.8, 4) is 0 Å².